The van der Waals surface area contributed by atoms with Crippen LogP contribution in [-0.4, -0.2) is 39.7 Å². The van der Waals surface area contributed by atoms with Crippen LogP contribution in [0.25, 0.3) is 21.9 Å². The van der Waals surface area contributed by atoms with Gasteiger partial charge in [-0.2, -0.15) is 0 Å². The van der Waals surface area contributed by atoms with Crippen LogP contribution in [0.2, 0.25) is 0 Å². The Morgan fingerprint density at radius 2 is 1.86 bits per heavy atom. The van der Waals surface area contributed by atoms with Crippen molar-refractivity contribution < 1.29 is 14.3 Å². The zero-order chi connectivity index (χ0) is 24.6. The van der Waals surface area contributed by atoms with E-state index in [4.69, 9.17) is 10.5 Å². The Kier molecular flexibility index (Phi) is 7.77. The smallest absolute Gasteiger partial charge is 0.338 e. The van der Waals surface area contributed by atoms with Crippen LogP contribution in [0.1, 0.15) is 43.0 Å². The van der Waals surface area contributed by atoms with E-state index in [1.165, 1.54) is 0 Å². The largest absolute Gasteiger partial charge is 0.462 e. The molecule has 2 heterocycles. The number of nitrogens with one attached hydrogen (secondary N) is 2. The third-order valence-electron chi connectivity index (χ3n) is 5.70. The van der Waals surface area contributed by atoms with Crippen LogP contribution in [0.3, 0.4) is 0 Å². The molecule has 0 atom stereocenters. The number of carbonyl (C=O) groups is 2. The average molecular weight is 475 g/mol. The number of nitrogens with two attached hydrogens (primary N) is 1. The molecule has 0 aliphatic rings. The van der Waals surface area contributed by atoms with Crippen molar-refractivity contribution in [2.24, 2.45) is 0 Å². The number of pyridine rings is 1. The van der Waals surface area contributed by atoms with Gasteiger partial charge in [-0.25, -0.2) is 19.6 Å². The molecule has 2 amide bonds. The summed E-state index contributed by atoms with van der Waals surface area (Å²) in [6, 6.07) is 14.3. The summed E-state index contributed by atoms with van der Waals surface area (Å²) in [5.41, 5.74) is 9.70. The molecule has 0 saturated carbocycles. The Morgan fingerprint density at radius 1 is 1.06 bits per heavy atom. The van der Waals surface area contributed by atoms with Crippen LogP contribution in [0.4, 0.5) is 16.3 Å². The van der Waals surface area contributed by atoms with Crippen LogP contribution in [-0.2, 0) is 11.3 Å². The number of benzene rings is 2. The highest BCUT2D eigenvalue weighted by atomic mass is 16.5. The number of aryl methyl sites for hydroxylation is 1. The van der Waals surface area contributed by atoms with Gasteiger partial charge < -0.3 is 25.7 Å². The molecule has 0 radical (unpaired) electrons. The summed E-state index contributed by atoms with van der Waals surface area (Å²) in [5, 5.41) is 6.66. The number of fused-ring (bicyclic) bond motifs is 3. The maximum absolute atomic E-state index is 12.2. The van der Waals surface area contributed by atoms with Crippen molar-refractivity contribution in [3.8, 4) is 0 Å². The highest BCUT2D eigenvalue weighted by molar-refractivity contribution is 6.06. The van der Waals surface area contributed by atoms with Crippen molar-refractivity contribution in [2.75, 3.05) is 24.2 Å². The normalized spacial score (nSPS) is 11.0. The Labute approximate surface area is 203 Å². The van der Waals surface area contributed by atoms with Crippen molar-refractivity contribution in [1.82, 2.24) is 19.9 Å². The van der Waals surface area contributed by atoms with Crippen molar-refractivity contribution >= 4 is 45.4 Å². The second-order valence-corrected chi connectivity index (χ2v) is 8.30. The number of urea groups is 1. The van der Waals surface area contributed by atoms with E-state index in [0.717, 1.165) is 48.6 Å². The minimum absolute atomic E-state index is 0.291. The molecular weight excluding hydrogens is 444 g/mol. The van der Waals surface area contributed by atoms with Gasteiger partial charge in [0.2, 0.25) is 0 Å². The Hall–Kier alpha value is -4.14. The van der Waals surface area contributed by atoms with E-state index in [1.807, 2.05) is 31.2 Å². The highest BCUT2D eigenvalue weighted by Crippen LogP contribution is 2.27. The van der Waals surface area contributed by atoms with Gasteiger partial charge in [0.1, 0.15) is 5.52 Å². The standard InChI is InChI=1S/C26H30N6O3/c1-2-3-16-35-25(33)18-10-12-19(13-11-18)30-26(34)28-14-6-7-15-32-17-29-22-23(32)20-8-4-5-9-21(20)31-24(22)27/h4-5,8-13,17H,2-3,6-7,14-16H2,1H3,(H2,27,31)(H2,28,30,34). The third kappa shape index (κ3) is 5.87. The molecule has 0 bridgehead atoms. The first-order valence-corrected chi connectivity index (χ1v) is 11.9. The third-order valence-corrected chi connectivity index (χ3v) is 5.70. The lowest BCUT2D eigenvalue weighted by Gasteiger charge is -2.10. The second-order valence-electron chi connectivity index (χ2n) is 8.30. The molecule has 182 valence electrons. The lowest BCUT2D eigenvalue weighted by molar-refractivity contribution is 0.0499. The van der Waals surface area contributed by atoms with Crippen molar-refractivity contribution in [1.29, 1.82) is 0 Å². The lowest BCUT2D eigenvalue weighted by Crippen LogP contribution is -2.29. The Balaban J connectivity index is 1.23. The topological polar surface area (TPSA) is 124 Å². The fraction of sp³-hybridized carbons (Fsp3) is 0.308. The summed E-state index contributed by atoms with van der Waals surface area (Å²) >= 11 is 0. The van der Waals surface area contributed by atoms with Gasteiger partial charge in [-0.05, 0) is 49.6 Å². The van der Waals surface area contributed by atoms with E-state index >= 15 is 0 Å². The lowest BCUT2D eigenvalue weighted by atomic mass is 10.2. The molecule has 0 fully saturated rings. The SMILES string of the molecule is CCCCOC(=O)c1ccc(NC(=O)NCCCCn2cnc3c(N)nc4ccccc4c32)cc1. The summed E-state index contributed by atoms with van der Waals surface area (Å²) in [6.45, 7) is 3.74. The molecule has 9 heteroatoms. The molecule has 4 rings (SSSR count). The zero-order valence-electron chi connectivity index (χ0n) is 19.8. The maximum Gasteiger partial charge on any atom is 0.338 e. The Bertz CT molecular complexity index is 1320. The molecule has 35 heavy (non-hydrogen) atoms. The first kappa shape index (κ1) is 24.0. The summed E-state index contributed by atoms with van der Waals surface area (Å²) in [7, 11) is 0. The van der Waals surface area contributed by atoms with Crippen molar-refractivity contribution in [2.45, 2.75) is 39.2 Å². The van der Waals surface area contributed by atoms with Gasteiger partial charge in [-0.15, -0.1) is 0 Å². The number of hydrogen-bond donors (Lipinski definition) is 3. The highest BCUT2D eigenvalue weighted by Gasteiger charge is 2.12. The predicted octanol–water partition coefficient (Wildman–Crippen LogP) is 4.73. The number of para-hydroxylation sites is 1. The second kappa shape index (κ2) is 11.3. The van der Waals surface area contributed by atoms with E-state index in [0.29, 0.717) is 35.7 Å². The average Bonchev–Trinajstić information content (AvgIpc) is 3.29. The van der Waals surface area contributed by atoms with Gasteiger partial charge in [-0.3, -0.25) is 0 Å². The maximum atomic E-state index is 12.2. The molecule has 0 aliphatic heterocycles. The molecule has 2 aromatic carbocycles. The van der Waals surface area contributed by atoms with Gasteiger partial charge in [0, 0.05) is 24.2 Å². The molecule has 0 saturated heterocycles. The summed E-state index contributed by atoms with van der Waals surface area (Å²) in [5.74, 6) is 0.0734. The number of amides is 2. The predicted molar refractivity (Wildman–Crippen MR) is 137 cm³/mol. The first-order chi connectivity index (χ1) is 17.1. The van der Waals surface area contributed by atoms with E-state index in [2.05, 4.69) is 25.2 Å². The first-order valence-electron chi connectivity index (χ1n) is 11.9. The van der Waals surface area contributed by atoms with Gasteiger partial charge in [-0.1, -0.05) is 31.5 Å². The number of hydrogen-bond acceptors (Lipinski definition) is 6. The number of esters is 1. The van der Waals surface area contributed by atoms with Crippen LogP contribution < -0.4 is 16.4 Å². The number of rotatable bonds is 10. The summed E-state index contributed by atoms with van der Waals surface area (Å²) in [6.07, 6.45) is 5.26. The number of aromatic nitrogens is 3. The molecule has 9 nitrogen and oxygen atoms in total. The van der Waals surface area contributed by atoms with Gasteiger partial charge in [0.25, 0.3) is 0 Å². The minimum Gasteiger partial charge on any atom is -0.462 e. The number of unbranched alkanes of at least 4 members (excludes halogenated alkanes) is 2. The van der Waals surface area contributed by atoms with E-state index < -0.39 is 0 Å². The Morgan fingerprint density at radius 3 is 2.66 bits per heavy atom. The van der Waals surface area contributed by atoms with Gasteiger partial charge >= 0.3 is 12.0 Å². The van der Waals surface area contributed by atoms with E-state index in [-0.39, 0.29) is 12.0 Å². The molecule has 2 aromatic heterocycles. The molecule has 0 unspecified atom stereocenters. The zero-order valence-corrected chi connectivity index (χ0v) is 19.8. The van der Waals surface area contributed by atoms with Crippen LogP contribution >= 0.6 is 0 Å². The summed E-state index contributed by atoms with van der Waals surface area (Å²) < 4.78 is 7.28. The van der Waals surface area contributed by atoms with Gasteiger partial charge in [0.15, 0.2) is 5.82 Å². The number of ether oxygens (including phenoxy) is 1. The number of carbonyl (C=O) groups excluding carboxylic acids is 2. The monoisotopic (exact) mass is 474 g/mol. The molecule has 0 spiro atoms. The van der Waals surface area contributed by atoms with Crippen LogP contribution in [0.5, 0.6) is 0 Å². The van der Waals surface area contributed by atoms with E-state index in [9.17, 15) is 9.59 Å². The van der Waals surface area contributed by atoms with Crippen LogP contribution in [0, 0.1) is 0 Å². The van der Waals surface area contributed by atoms with Crippen LogP contribution in [0.15, 0.2) is 54.9 Å². The number of anilines is 2. The number of nitrogen functional groups attached to an aromatic ring is 1. The fourth-order valence-electron chi connectivity index (χ4n) is 3.84. The quantitative estimate of drug-likeness (QED) is 0.226. The number of imidazole rings is 1. The molecule has 4 aromatic rings. The van der Waals surface area contributed by atoms with Gasteiger partial charge in [0.05, 0.1) is 29.5 Å². The summed E-state index contributed by atoms with van der Waals surface area (Å²) in [4.78, 5) is 33.0. The number of nitrogens with zero attached hydrogens (tertiary/aromatic N) is 3. The molecule has 0 aliphatic carbocycles. The minimum atomic E-state index is -0.355. The fourth-order valence-corrected chi connectivity index (χ4v) is 3.84. The van der Waals surface area contributed by atoms with Crippen molar-refractivity contribution in [3.05, 3.63) is 60.4 Å². The van der Waals surface area contributed by atoms with E-state index in [1.54, 1.807) is 30.6 Å². The van der Waals surface area contributed by atoms with Crippen molar-refractivity contribution in [3.63, 3.8) is 0 Å². The molecule has 4 N–H and O–H groups in total. The molecular formula is C26H30N6O3.